The maximum absolute atomic E-state index is 13.3. The average Bonchev–Trinajstić information content (AvgIpc) is 3.56. The Morgan fingerprint density at radius 1 is 1.08 bits per heavy atom. The number of anilines is 3. The van der Waals surface area contributed by atoms with Gasteiger partial charge in [-0.3, -0.25) is 9.59 Å². The predicted molar refractivity (Wildman–Crippen MR) is 141 cm³/mol. The van der Waals surface area contributed by atoms with E-state index in [0.717, 1.165) is 44.9 Å². The number of amides is 1. The number of hydrogen-bond acceptors (Lipinski definition) is 8. The zero-order valence-corrected chi connectivity index (χ0v) is 21.6. The average molecular weight is 510 g/mol. The van der Waals surface area contributed by atoms with Crippen molar-refractivity contribution in [3.05, 3.63) is 46.5 Å². The Labute approximate surface area is 215 Å². The highest BCUT2D eigenvalue weighted by atomic mass is 16.5. The molecule has 2 atom stereocenters. The van der Waals surface area contributed by atoms with Crippen LogP contribution < -0.4 is 21.5 Å². The zero-order valence-electron chi connectivity index (χ0n) is 21.6. The second kappa shape index (κ2) is 10.9. The van der Waals surface area contributed by atoms with Crippen molar-refractivity contribution in [2.45, 2.75) is 69.2 Å². The minimum absolute atomic E-state index is 0.0548. The highest BCUT2D eigenvalue weighted by Crippen LogP contribution is 2.29. The number of rotatable bonds is 8. The fourth-order valence-corrected chi connectivity index (χ4v) is 5.50. The first-order chi connectivity index (χ1) is 18.0. The lowest BCUT2D eigenvalue weighted by molar-refractivity contribution is 0.0580. The van der Waals surface area contributed by atoms with Crippen LogP contribution in [0.5, 0.6) is 0 Å². The van der Waals surface area contributed by atoms with Gasteiger partial charge >= 0.3 is 0 Å². The second-order valence-corrected chi connectivity index (χ2v) is 9.84. The topological polar surface area (TPSA) is 124 Å². The van der Waals surface area contributed by atoms with Gasteiger partial charge in [0.05, 0.1) is 18.4 Å². The van der Waals surface area contributed by atoms with Gasteiger partial charge in [-0.2, -0.15) is 9.61 Å². The maximum Gasteiger partial charge on any atom is 0.274 e. The Morgan fingerprint density at radius 3 is 2.54 bits per heavy atom. The summed E-state index contributed by atoms with van der Waals surface area (Å²) in [5.41, 5.74) is 1.11. The molecule has 2 saturated carbocycles. The summed E-state index contributed by atoms with van der Waals surface area (Å²) in [7, 11) is 5.21. The fourth-order valence-electron chi connectivity index (χ4n) is 5.50. The van der Waals surface area contributed by atoms with Crippen LogP contribution in [0, 0.1) is 0 Å². The highest BCUT2D eigenvalue weighted by Gasteiger charge is 2.28. The SMILES string of the molecule is CNc1cc(Nc2cccn([C@H]3CC[C@H](OC)CC3)c2=O)nc2c(C(=O)NC3CC[C@@H](OC)C3)cnn12. The summed E-state index contributed by atoms with van der Waals surface area (Å²) < 4.78 is 14.3. The van der Waals surface area contributed by atoms with Crippen molar-refractivity contribution >= 4 is 28.9 Å². The number of nitrogens with zero attached hydrogens (tertiary/aromatic N) is 4. The van der Waals surface area contributed by atoms with E-state index in [4.69, 9.17) is 9.47 Å². The highest BCUT2D eigenvalue weighted by molar-refractivity contribution is 6.00. The first kappa shape index (κ1) is 25.2. The third-order valence-electron chi connectivity index (χ3n) is 7.63. The van der Waals surface area contributed by atoms with Gasteiger partial charge in [-0.05, 0) is 57.1 Å². The van der Waals surface area contributed by atoms with Crippen molar-refractivity contribution in [3.63, 3.8) is 0 Å². The quantitative estimate of drug-likeness (QED) is 0.423. The summed E-state index contributed by atoms with van der Waals surface area (Å²) >= 11 is 0. The van der Waals surface area contributed by atoms with E-state index in [0.29, 0.717) is 28.5 Å². The molecule has 2 fully saturated rings. The van der Waals surface area contributed by atoms with Gasteiger partial charge < -0.3 is 30.0 Å². The van der Waals surface area contributed by atoms with Crippen LogP contribution in [0.2, 0.25) is 0 Å². The van der Waals surface area contributed by atoms with Gasteiger partial charge in [-0.25, -0.2) is 4.98 Å². The number of fused-ring (bicyclic) bond motifs is 1. The van der Waals surface area contributed by atoms with Crippen LogP contribution in [0.15, 0.2) is 35.4 Å². The van der Waals surface area contributed by atoms with Gasteiger partial charge in [-0.1, -0.05) is 0 Å². The molecule has 2 aliphatic carbocycles. The lowest BCUT2D eigenvalue weighted by Crippen LogP contribution is -2.33. The van der Waals surface area contributed by atoms with Crippen molar-refractivity contribution in [3.8, 4) is 0 Å². The minimum atomic E-state index is -0.225. The molecule has 198 valence electrons. The number of pyridine rings is 1. The Balaban J connectivity index is 1.39. The van der Waals surface area contributed by atoms with E-state index in [-0.39, 0.29) is 35.8 Å². The molecule has 0 radical (unpaired) electrons. The van der Waals surface area contributed by atoms with Gasteiger partial charge in [0, 0.05) is 45.6 Å². The van der Waals surface area contributed by atoms with Crippen molar-refractivity contribution < 1.29 is 14.3 Å². The molecule has 11 heteroatoms. The van der Waals surface area contributed by atoms with Crippen LogP contribution in [-0.4, -0.2) is 64.6 Å². The van der Waals surface area contributed by atoms with Crippen molar-refractivity contribution in [1.29, 1.82) is 0 Å². The smallest absolute Gasteiger partial charge is 0.274 e. The molecule has 37 heavy (non-hydrogen) atoms. The number of carbonyl (C=O) groups excluding carboxylic acids is 1. The predicted octanol–water partition coefficient (Wildman–Crippen LogP) is 3.10. The lowest BCUT2D eigenvalue weighted by atomic mass is 9.92. The van der Waals surface area contributed by atoms with E-state index >= 15 is 0 Å². The van der Waals surface area contributed by atoms with Crippen LogP contribution in [-0.2, 0) is 9.47 Å². The van der Waals surface area contributed by atoms with E-state index in [1.54, 1.807) is 42.5 Å². The summed E-state index contributed by atoms with van der Waals surface area (Å²) in [6.45, 7) is 0. The van der Waals surface area contributed by atoms with Gasteiger partial charge in [0.15, 0.2) is 5.65 Å². The van der Waals surface area contributed by atoms with Crippen LogP contribution in [0.1, 0.15) is 61.3 Å². The van der Waals surface area contributed by atoms with Gasteiger partial charge in [0.1, 0.15) is 22.9 Å². The molecular formula is C26H35N7O4. The van der Waals surface area contributed by atoms with E-state index in [2.05, 4.69) is 26.0 Å². The number of ether oxygens (including phenoxy) is 2. The zero-order chi connectivity index (χ0) is 25.9. The Bertz CT molecular complexity index is 1310. The number of carbonyl (C=O) groups is 1. The van der Waals surface area contributed by atoms with Crippen LogP contribution >= 0.6 is 0 Å². The molecule has 11 nitrogen and oxygen atoms in total. The Morgan fingerprint density at radius 2 is 1.84 bits per heavy atom. The molecule has 0 aliphatic heterocycles. The van der Waals surface area contributed by atoms with Crippen molar-refractivity contribution in [2.75, 3.05) is 31.9 Å². The summed E-state index contributed by atoms with van der Waals surface area (Å²) in [6.07, 6.45) is 10.1. The monoisotopic (exact) mass is 509 g/mol. The minimum Gasteiger partial charge on any atom is -0.381 e. The van der Waals surface area contributed by atoms with Gasteiger partial charge in [-0.15, -0.1) is 0 Å². The third kappa shape index (κ3) is 5.19. The molecule has 5 rings (SSSR count). The molecule has 0 saturated heterocycles. The molecule has 2 aliphatic rings. The number of nitrogens with one attached hydrogen (secondary N) is 3. The molecule has 3 aromatic heterocycles. The van der Waals surface area contributed by atoms with Crippen molar-refractivity contribution in [1.82, 2.24) is 24.5 Å². The molecule has 0 spiro atoms. The summed E-state index contributed by atoms with van der Waals surface area (Å²) in [4.78, 5) is 31.1. The Kier molecular flexibility index (Phi) is 7.43. The molecule has 0 bridgehead atoms. The summed E-state index contributed by atoms with van der Waals surface area (Å²) in [5, 5.41) is 13.7. The van der Waals surface area contributed by atoms with Crippen LogP contribution in [0.4, 0.5) is 17.3 Å². The normalized spacial score (nSPS) is 23.8. The van der Waals surface area contributed by atoms with Crippen molar-refractivity contribution in [2.24, 2.45) is 0 Å². The molecule has 3 heterocycles. The summed E-state index contributed by atoms with van der Waals surface area (Å²) in [6, 6.07) is 5.58. The fraction of sp³-hybridized carbons (Fsp3) is 0.538. The van der Waals surface area contributed by atoms with Gasteiger partial charge in [0.25, 0.3) is 11.5 Å². The van der Waals surface area contributed by atoms with Gasteiger partial charge in [0.2, 0.25) is 0 Å². The first-order valence-corrected chi connectivity index (χ1v) is 12.9. The lowest BCUT2D eigenvalue weighted by Gasteiger charge is -2.29. The van der Waals surface area contributed by atoms with E-state index in [1.807, 2.05) is 12.3 Å². The molecular weight excluding hydrogens is 474 g/mol. The third-order valence-corrected chi connectivity index (χ3v) is 7.63. The Hall–Kier alpha value is -3.44. The first-order valence-electron chi connectivity index (χ1n) is 12.9. The largest absolute Gasteiger partial charge is 0.381 e. The summed E-state index contributed by atoms with van der Waals surface area (Å²) in [5.74, 6) is 0.864. The molecule has 3 aromatic rings. The second-order valence-electron chi connectivity index (χ2n) is 9.84. The number of methoxy groups -OCH3 is 2. The standard InChI is InChI=1S/C26H35N7O4/c1-27-23-14-22(30-21-5-4-12-32(26(21)35)17-7-10-18(36-2)11-8-17)31-24-20(15-28-33(23)24)25(34)29-16-6-9-19(13-16)37-3/h4-5,12,14-19,27H,6-11,13H2,1-3H3,(H,29,34)(H,30,31)/t16?,17-,18-,19-/m1/s1. The van der Waals surface area contributed by atoms with E-state index < -0.39 is 0 Å². The van der Waals surface area contributed by atoms with Crippen LogP contribution in [0.3, 0.4) is 0 Å². The molecule has 1 unspecified atom stereocenters. The van der Waals surface area contributed by atoms with E-state index in [9.17, 15) is 9.59 Å². The number of hydrogen-bond donors (Lipinski definition) is 3. The molecule has 1 amide bonds. The number of aromatic nitrogens is 4. The molecule has 3 N–H and O–H groups in total. The maximum atomic E-state index is 13.3. The molecule has 0 aromatic carbocycles. The van der Waals surface area contributed by atoms with E-state index in [1.165, 1.54) is 6.20 Å². The van der Waals surface area contributed by atoms with Crippen LogP contribution in [0.25, 0.3) is 5.65 Å².